The van der Waals surface area contributed by atoms with E-state index in [-0.39, 0.29) is 0 Å². The molecule has 0 aliphatic heterocycles. The van der Waals surface area contributed by atoms with Gasteiger partial charge in [0.05, 0.1) is 5.69 Å². The molecular formula is C19H19NO. The normalized spacial score (nSPS) is 11.0. The van der Waals surface area contributed by atoms with Crippen LogP contribution < -0.4 is 0 Å². The van der Waals surface area contributed by atoms with Crippen molar-refractivity contribution in [3.63, 3.8) is 0 Å². The van der Waals surface area contributed by atoms with Crippen LogP contribution in [0.1, 0.15) is 34.0 Å². The minimum Gasteiger partial charge on any atom is -0.354 e. The smallest absolute Gasteiger partial charge is 0.152 e. The molecule has 0 saturated carbocycles. The Morgan fingerprint density at radius 1 is 1.10 bits per heavy atom. The summed E-state index contributed by atoms with van der Waals surface area (Å²) in [5.41, 5.74) is 7.42. The molecule has 2 nitrogen and oxygen atoms in total. The van der Waals surface area contributed by atoms with Crippen molar-refractivity contribution in [3.8, 4) is 11.3 Å². The number of nitrogens with one attached hydrogen (secondary N) is 1. The van der Waals surface area contributed by atoms with Gasteiger partial charge < -0.3 is 4.98 Å². The number of aromatic amines is 1. The van der Waals surface area contributed by atoms with Crippen LogP contribution in [0.4, 0.5) is 0 Å². The molecule has 2 aromatic carbocycles. The highest BCUT2D eigenvalue weighted by Gasteiger charge is 2.14. The van der Waals surface area contributed by atoms with Crippen LogP contribution >= 0.6 is 0 Å². The Hall–Kier alpha value is -2.35. The number of hydrogen-bond donors (Lipinski definition) is 1. The first-order valence-corrected chi connectivity index (χ1v) is 7.31. The largest absolute Gasteiger partial charge is 0.354 e. The quantitative estimate of drug-likeness (QED) is 0.683. The molecule has 3 aromatic rings. The number of fused-ring (bicyclic) bond motifs is 1. The van der Waals surface area contributed by atoms with Gasteiger partial charge in [-0.05, 0) is 49.6 Å². The molecule has 0 aliphatic carbocycles. The van der Waals surface area contributed by atoms with Gasteiger partial charge in [-0.3, -0.25) is 4.79 Å². The van der Waals surface area contributed by atoms with E-state index < -0.39 is 0 Å². The van der Waals surface area contributed by atoms with E-state index in [2.05, 4.69) is 62.2 Å². The van der Waals surface area contributed by atoms with E-state index in [0.29, 0.717) is 0 Å². The third-order valence-electron chi connectivity index (χ3n) is 4.09. The molecule has 106 valence electrons. The molecule has 3 rings (SSSR count). The zero-order valence-corrected chi connectivity index (χ0v) is 12.7. The average molecular weight is 277 g/mol. The molecule has 0 spiro atoms. The molecule has 0 unspecified atom stereocenters. The Labute approximate surface area is 124 Å². The molecule has 21 heavy (non-hydrogen) atoms. The van der Waals surface area contributed by atoms with Crippen LogP contribution in [0.5, 0.6) is 0 Å². The first-order chi connectivity index (χ1) is 10.1. The van der Waals surface area contributed by atoms with Gasteiger partial charge in [-0.15, -0.1) is 0 Å². The van der Waals surface area contributed by atoms with Crippen LogP contribution in [0.15, 0.2) is 36.4 Å². The van der Waals surface area contributed by atoms with Crippen molar-refractivity contribution in [2.75, 3.05) is 0 Å². The van der Waals surface area contributed by atoms with Crippen LogP contribution in [0.2, 0.25) is 0 Å². The Bertz CT molecular complexity index is 827. The zero-order chi connectivity index (χ0) is 15.0. The zero-order valence-electron chi connectivity index (χ0n) is 12.7. The van der Waals surface area contributed by atoms with Crippen molar-refractivity contribution >= 4 is 17.2 Å². The highest BCUT2D eigenvalue weighted by atomic mass is 16.1. The number of H-pyrrole nitrogens is 1. The molecular weight excluding hydrogens is 258 g/mol. The van der Waals surface area contributed by atoms with E-state index in [1.54, 1.807) is 0 Å². The molecule has 2 heteroatoms. The van der Waals surface area contributed by atoms with Gasteiger partial charge in [0.1, 0.15) is 0 Å². The van der Waals surface area contributed by atoms with Gasteiger partial charge in [-0.2, -0.15) is 0 Å². The summed E-state index contributed by atoms with van der Waals surface area (Å²) in [6, 6.07) is 12.6. The highest BCUT2D eigenvalue weighted by Crippen LogP contribution is 2.32. The van der Waals surface area contributed by atoms with Gasteiger partial charge in [0.25, 0.3) is 0 Å². The van der Waals surface area contributed by atoms with Gasteiger partial charge in [-0.1, -0.05) is 30.7 Å². The molecule has 0 saturated heterocycles. The van der Waals surface area contributed by atoms with Crippen LogP contribution in [0.3, 0.4) is 0 Å². The van der Waals surface area contributed by atoms with Gasteiger partial charge in [0.2, 0.25) is 0 Å². The van der Waals surface area contributed by atoms with E-state index in [9.17, 15) is 4.79 Å². The lowest BCUT2D eigenvalue weighted by molar-refractivity contribution is 0.112. The minimum atomic E-state index is 0.758. The molecule has 0 atom stereocenters. The molecule has 1 N–H and O–H groups in total. The molecule has 1 aromatic heterocycles. The maximum absolute atomic E-state index is 11.7. The lowest BCUT2D eigenvalue weighted by Gasteiger charge is -2.06. The summed E-state index contributed by atoms with van der Waals surface area (Å²) in [7, 11) is 0. The predicted molar refractivity (Wildman–Crippen MR) is 88.0 cm³/mol. The predicted octanol–water partition coefficient (Wildman–Crippen LogP) is 4.83. The van der Waals surface area contributed by atoms with Crippen molar-refractivity contribution in [1.82, 2.24) is 4.98 Å². The minimum absolute atomic E-state index is 0.758. The summed E-state index contributed by atoms with van der Waals surface area (Å²) in [5, 5.41) is 1.01. The van der Waals surface area contributed by atoms with Crippen LogP contribution in [0, 0.1) is 13.8 Å². The van der Waals surface area contributed by atoms with Crippen LogP contribution in [-0.2, 0) is 6.42 Å². The molecule has 0 amide bonds. The fraction of sp³-hybridized carbons (Fsp3) is 0.211. The second kappa shape index (κ2) is 5.21. The van der Waals surface area contributed by atoms with E-state index >= 15 is 0 Å². The Balaban J connectivity index is 2.32. The number of aryl methyl sites for hydroxylation is 3. The summed E-state index contributed by atoms with van der Waals surface area (Å²) in [4.78, 5) is 15.1. The Morgan fingerprint density at radius 2 is 1.90 bits per heavy atom. The first-order valence-electron chi connectivity index (χ1n) is 7.31. The van der Waals surface area contributed by atoms with Gasteiger partial charge in [0, 0.05) is 22.0 Å². The number of rotatable bonds is 3. The number of aldehydes is 1. The summed E-state index contributed by atoms with van der Waals surface area (Å²) >= 11 is 0. The fourth-order valence-electron chi connectivity index (χ4n) is 2.82. The number of hydrogen-bond acceptors (Lipinski definition) is 1. The lowest BCUT2D eigenvalue weighted by Crippen LogP contribution is -1.89. The molecule has 0 fully saturated rings. The fourth-order valence-corrected chi connectivity index (χ4v) is 2.82. The third-order valence-corrected chi connectivity index (χ3v) is 4.09. The monoisotopic (exact) mass is 277 g/mol. The molecule has 1 heterocycles. The van der Waals surface area contributed by atoms with Crippen molar-refractivity contribution in [3.05, 3.63) is 58.7 Å². The van der Waals surface area contributed by atoms with Gasteiger partial charge >= 0.3 is 0 Å². The standard InChI is InChI=1S/C19H19NO/c1-4-14-7-8-18-16(10-14)17(11-21)19(20-18)15-9-12(2)5-6-13(15)3/h5-11,20H,4H2,1-3H3. The summed E-state index contributed by atoms with van der Waals surface area (Å²) < 4.78 is 0. The second-order valence-corrected chi connectivity index (χ2v) is 5.58. The lowest BCUT2D eigenvalue weighted by atomic mass is 9.99. The average Bonchev–Trinajstić information content (AvgIpc) is 2.86. The van der Waals surface area contributed by atoms with Gasteiger partial charge in [-0.25, -0.2) is 0 Å². The van der Waals surface area contributed by atoms with E-state index in [0.717, 1.165) is 40.4 Å². The second-order valence-electron chi connectivity index (χ2n) is 5.58. The summed E-state index contributed by atoms with van der Waals surface area (Å²) in [5.74, 6) is 0. The number of benzene rings is 2. The van der Waals surface area contributed by atoms with E-state index in [1.807, 2.05) is 0 Å². The number of aromatic nitrogens is 1. The van der Waals surface area contributed by atoms with Crippen LogP contribution in [0.25, 0.3) is 22.2 Å². The van der Waals surface area contributed by atoms with E-state index in [4.69, 9.17) is 0 Å². The Morgan fingerprint density at radius 3 is 2.62 bits per heavy atom. The highest BCUT2D eigenvalue weighted by molar-refractivity contribution is 6.04. The van der Waals surface area contributed by atoms with Crippen molar-refractivity contribution in [2.45, 2.75) is 27.2 Å². The maximum atomic E-state index is 11.7. The Kier molecular flexibility index (Phi) is 3.38. The van der Waals surface area contributed by atoms with Crippen LogP contribution in [-0.4, -0.2) is 11.3 Å². The molecule has 0 radical (unpaired) electrons. The third kappa shape index (κ3) is 2.27. The number of carbonyl (C=O) groups is 1. The van der Waals surface area contributed by atoms with Crippen molar-refractivity contribution in [1.29, 1.82) is 0 Å². The topological polar surface area (TPSA) is 32.9 Å². The number of carbonyl (C=O) groups excluding carboxylic acids is 1. The summed E-state index contributed by atoms with van der Waals surface area (Å²) in [6.07, 6.45) is 1.94. The van der Waals surface area contributed by atoms with Crippen molar-refractivity contribution < 1.29 is 4.79 Å². The maximum Gasteiger partial charge on any atom is 0.152 e. The summed E-state index contributed by atoms with van der Waals surface area (Å²) in [6.45, 7) is 6.27. The SMILES string of the molecule is CCc1ccc2[nH]c(-c3cc(C)ccc3C)c(C=O)c2c1. The van der Waals surface area contributed by atoms with E-state index in [1.165, 1.54) is 16.7 Å². The van der Waals surface area contributed by atoms with Gasteiger partial charge in [0.15, 0.2) is 6.29 Å². The first kappa shape index (κ1) is 13.6. The van der Waals surface area contributed by atoms with Crippen molar-refractivity contribution in [2.24, 2.45) is 0 Å². The molecule has 0 aliphatic rings. The molecule has 0 bridgehead atoms.